The van der Waals surface area contributed by atoms with Gasteiger partial charge in [-0.15, -0.1) is 0 Å². The highest BCUT2D eigenvalue weighted by atomic mass is 19.3. The van der Waals surface area contributed by atoms with E-state index in [2.05, 4.69) is 0 Å². The van der Waals surface area contributed by atoms with Gasteiger partial charge in [0.2, 0.25) is 0 Å². The number of rotatable bonds is 0. The zero-order valence-electron chi connectivity index (χ0n) is 7.05. The fraction of sp³-hybridized carbons (Fsp3) is 1.00. The second kappa shape index (κ2) is 1.93. The summed E-state index contributed by atoms with van der Waals surface area (Å²) in [5.41, 5.74) is -2.31. The third-order valence-electron chi connectivity index (χ3n) is 2.42. The minimum absolute atomic E-state index is 0.608. The van der Waals surface area contributed by atoms with Crippen molar-refractivity contribution in [3.8, 4) is 0 Å². The van der Waals surface area contributed by atoms with E-state index in [4.69, 9.17) is 0 Å². The molecule has 1 aliphatic rings. The molecule has 0 saturated heterocycles. The fourth-order valence-corrected chi connectivity index (χ4v) is 1.30. The van der Waals surface area contributed by atoms with Gasteiger partial charge in [-0.25, -0.2) is 13.2 Å². The Balaban J connectivity index is 2.64. The maximum absolute atomic E-state index is 13.4. The average Bonchev–Trinajstić information content (AvgIpc) is 1.55. The van der Waals surface area contributed by atoms with Gasteiger partial charge in [0.1, 0.15) is 5.67 Å². The molecule has 0 aromatic carbocycles. The molecule has 0 unspecified atom stereocenters. The quantitative estimate of drug-likeness (QED) is 0.518. The molecule has 0 bridgehead atoms. The molecule has 0 amide bonds. The molecule has 0 N–H and O–H groups in total. The first-order valence-electron chi connectivity index (χ1n) is 3.73. The maximum Gasteiger partial charge on any atom is 0.254 e. The first kappa shape index (κ1) is 8.88. The number of alkyl halides is 3. The van der Waals surface area contributed by atoms with Crippen molar-refractivity contribution in [2.24, 2.45) is 5.41 Å². The van der Waals surface area contributed by atoms with Crippen LogP contribution in [-0.4, -0.2) is 11.6 Å². The highest BCUT2D eigenvalue weighted by molar-refractivity contribution is 5.06. The Kier molecular flexibility index (Phi) is 1.56. The largest absolute Gasteiger partial charge is 0.254 e. The molecule has 0 aliphatic heterocycles. The Labute approximate surface area is 64.8 Å². The van der Waals surface area contributed by atoms with Crippen LogP contribution in [-0.2, 0) is 0 Å². The predicted molar refractivity (Wildman–Crippen MR) is 37.5 cm³/mol. The van der Waals surface area contributed by atoms with Crippen molar-refractivity contribution >= 4 is 0 Å². The maximum atomic E-state index is 13.4. The van der Waals surface area contributed by atoms with Crippen molar-refractivity contribution in [3.63, 3.8) is 0 Å². The smallest absolute Gasteiger partial charge is 0.243 e. The average molecular weight is 166 g/mol. The zero-order valence-corrected chi connectivity index (χ0v) is 7.05. The first-order chi connectivity index (χ1) is 4.66. The third kappa shape index (κ3) is 1.37. The molecular formula is C8H13F3. The van der Waals surface area contributed by atoms with E-state index in [1.807, 2.05) is 0 Å². The van der Waals surface area contributed by atoms with Crippen molar-refractivity contribution in [1.29, 1.82) is 0 Å². The zero-order chi connectivity index (χ0) is 8.91. The Morgan fingerprint density at radius 1 is 1.00 bits per heavy atom. The van der Waals surface area contributed by atoms with Gasteiger partial charge in [0.15, 0.2) is 0 Å². The molecule has 0 heterocycles. The normalized spacial score (nSPS) is 27.8. The highest BCUT2D eigenvalue weighted by Crippen LogP contribution is 2.56. The lowest BCUT2D eigenvalue weighted by molar-refractivity contribution is -0.208. The molecule has 66 valence electrons. The van der Waals surface area contributed by atoms with Crippen LogP contribution in [0, 0.1) is 5.41 Å². The van der Waals surface area contributed by atoms with Crippen LogP contribution < -0.4 is 0 Å². The summed E-state index contributed by atoms with van der Waals surface area (Å²) in [6.45, 7) is 4.96. The van der Waals surface area contributed by atoms with Crippen LogP contribution in [0.1, 0.15) is 33.6 Å². The molecule has 1 aliphatic carbocycles. The molecular weight excluding hydrogens is 153 g/mol. The van der Waals surface area contributed by atoms with E-state index in [-0.39, 0.29) is 0 Å². The summed E-state index contributed by atoms with van der Waals surface area (Å²) >= 11 is 0. The van der Waals surface area contributed by atoms with Gasteiger partial charge in [0.05, 0.1) is 0 Å². The second-order valence-corrected chi connectivity index (χ2v) is 4.42. The van der Waals surface area contributed by atoms with E-state index in [9.17, 15) is 13.2 Å². The lowest BCUT2D eigenvalue weighted by Crippen LogP contribution is -2.56. The van der Waals surface area contributed by atoms with E-state index < -0.39 is 29.8 Å². The minimum Gasteiger partial charge on any atom is -0.243 e. The van der Waals surface area contributed by atoms with Gasteiger partial charge in [-0.1, -0.05) is 20.8 Å². The number of halogens is 3. The van der Waals surface area contributed by atoms with Crippen LogP contribution >= 0.6 is 0 Å². The van der Waals surface area contributed by atoms with E-state index in [1.165, 1.54) is 0 Å². The van der Waals surface area contributed by atoms with E-state index in [1.54, 1.807) is 20.8 Å². The molecule has 0 spiro atoms. The van der Waals surface area contributed by atoms with Crippen molar-refractivity contribution in [2.45, 2.75) is 45.2 Å². The van der Waals surface area contributed by atoms with E-state index in [0.717, 1.165) is 0 Å². The predicted octanol–water partition coefficient (Wildman–Crippen LogP) is 3.17. The van der Waals surface area contributed by atoms with Gasteiger partial charge in [-0.05, 0) is 5.41 Å². The Bertz CT molecular complexity index is 159. The molecule has 0 nitrogen and oxygen atoms in total. The van der Waals surface area contributed by atoms with Crippen molar-refractivity contribution < 1.29 is 13.2 Å². The van der Waals surface area contributed by atoms with Gasteiger partial charge >= 0.3 is 0 Å². The molecule has 1 rings (SSSR count). The monoisotopic (exact) mass is 166 g/mol. The highest BCUT2D eigenvalue weighted by Gasteiger charge is 2.62. The third-order valence-corrected chi connectivity index (χ3v) is 2.42. The van der Waals surface area contributed by atoms with Crippen LogP contribution in [0.3, 0.4) is 0 Å². The summed E-state index contributed by atoms with van der Waals surface area (Å²) in [5.74, 6) is -2.76. The summed E-state index contributed by atoms with van der Waals surface area (Å²) < 4.78 is 38.1. The molecule has 0 aromatic rings. The number of hydrogen-bond donors (Lipinski definition) is 0. The first-order valence-corrected chi connectivity index (χ1v) is 3.73. The fourth-order valence-electron chi connectivity index (χ4n) is 1.30. The molecule has 0 radical (unpaired) electrons. The van der Waals surface area contributed by atoms with Crippen molar-refractivity contribution in [1.82, 2.24) is 0 Å². The van der Waals surface area contributed by atoms with Crippen molar-refractivity contribution in [3.05, 3.63) is 0 Å². The summed E-state index contributed by atoms with van der Waals surface area (Å²) in [6, 6.07) is 0. The van der Waals surface area contributed by atoms with Crippen LogP contribution in [0.25, 0.3) is 0 Å². The Morgan fingerprint density at radius 3 is 1.45 bits per heavy atom. The van der Waals surface area contributed by atoms with Crippen LogP contribution in [0.5, 0.6) is 0 Å². The molecule has 3 heteroatoms. The summed E-state index contributed by atoms with van der Waals surface area (Å²) in [6.07, 6.45) is -1.22. The topological polar surface area (TPSA) is 0 Å². The van der Waals surface area contributed by atoms with Gasteiger partial charge in [0.25, 0.3) is 5.92 Å². The molecule has 1 saturated carbocycles. The van der Waals surface area contributed by atoms with Gasteiger partial charge in [-0.2, -0.15) is 0 Å². The van der Waals surface area contributed by atoms with Gasteiger partial charge in [0, 0.05) is 12.8 Å². The summed E-state index contributed by atoms with van der Waals surface area (Å²) in [4.78, 5) is 0. The lowest BCUT2D eigenvalue weighted by Gasteiger charge is -2.49. The summed E-state index contributed by atoms with van der Waals surface area (Å²) in [7, 11) is 0. The van der Waals surface area contributed by atoms with Crippen LogP contribution in [0.2, 0.25) is 0 Å². The Hall–Kier alpha value is -0.210. The van der Waals surface area contributed by atoms with Crippen molar-refractivity contribution in [2.75, 3.05) is 0 Å². The molecule has 11 heavy (non-hydrogen) atoms. The van der Waals surface area contributed by atoms with Gasteiger partial charge < -0.3 is 0 Å². The minimum atomic E-state index is -2.76. The number of hydrogen-bond acceptors (Lipinski definition) is 0. The SMILES string of the molecule is CC(C)(C)C1(F)CC(F)(F)C1. The summed E-state index contributed by atoms with van der Waals surface area (Å²) in [5, 5.41) is 0. The second-order valence-electron chi connectivity index (χ2n) is 4.42. The lowest BCUT2D eigenvalue weighted by atomic mass is 9.63. The van der Waals surface area contributed by atoms with Crippen LogP contribution in [0.15, 0.2) is 0 Å². The van der Waals surface area contributed by atoms with E-state index >= 15 is 0 Å². The van der Waals surface area contributed by atoms with Crippen LogP contribution in [0.4, 0.5) is 13.2 Å². The van der Waals surface area contributed by atoms with Gasteiger partial charge in [-0.3, -0.25) is 0 Å². The Morgan fingerprint density at radius 2 is 1.36 bits per heavy atom. The molecule has 0 aromatic heterocycles. The molecule has 1 fully saturated rings. The molecule has 0 atom stereocenters. The van der Waals surface area contributed by atoms with E-state index in [0.29, 0.717) is 0 Å². The standard InChI is InChI=1S/C8H13F3/c1-6(2,3)7(9)4-8(10,11)5-7/h4-5H2,1-3H3.